The van der Waals surface area contributed by atoms with Gasteiger partial charge in [0.15, 0.2) is 0 Å². The summed E-state index contributed by atoms with van der Waals surface area (Å²) in [5.74, 6) is 0. The Hall–Kier alpha value is -1.32. The van der Waals surface area contributed by atoms with Crippen molar-refractivity contribution in [1.82, 2.24) is 10.7 Å². The zero-order valence-electron chi connectivity index (χ0n) is 4.14. The number of carbonyl (C=O) groups excluding carboxylic acids is 1. The largest absolute Gasteiger partial charge is 0.339 e. The van der Waals surface area contributed by atoms with Crippen LogP contribution in [0.15, 0.2) is 17.4 Å². The van der Waals surface area contributed by atoms with Crippen LogP contribution in [0.1, 0.15) is 0 Å². The maximum atomic E-state index is 10.3. The van der Waals surface area contributed by atoms with Crippen LogP contribution in [0.3, 0.4) is 0 Å². The molecule has 0 unspecified atom stereocenters. The van der Waals surface area contributed by atoms with Gasteiger partial charge in [0.05, 0.1) is 11.9 Å². The van der Waals surface area contributed by atoms with E-state index >= 15 is 0 Å². The quantitative estimate of drug-likeness (QED) is 0.447. The van der Waals surface area contributed by atoms with Crippen LogP contribution in [0.25, 0.3) is 0 Å². The van der Waals surface area contributed by atoms with Gasteiger partial charge in [-0.1, -0.05) is 6.58 Å². The standard InChI is InChI=1S/C4H5N3O/c1-3-2-5-7-4(8)6-3/h2H,1H2,(H2,6,7,8). The van der Waals surface area contributed by atoms with Crippen molar-refractivity contribution in [2.45, 2.75) is 0 Å². The molecule has 4 heteroatoms. The van der Waals surface area contributed by atoms with Crippen molar-refractivity contribution in [2.75, 3.05) is 0 Å². The van der Waals surface area contributed by atoms with Crippen molar-refractivity contribution in [2.24, 2.45) is 5.10 Å². The molecule has 4 nitrogen and oxygen atoms in total. The molecule has 0 bridgehead atoms. The van der Waals surface area contributed by atoms with Gasteiger partial charge >= 0.3 is 6.03 Å². The molecule has 1 rings (SSSR count). The van der Waals surface area contributed by atoms with Gasteiger partial charge in [-0.2, -0.15) is 5.10 Å². The summed E-state index contributed by atoms with van der Waals surface area (Å²) < 4.78 is 0. The molecule has 0 radical (unpaired) electrons. The van der Waals surface area contributed by atoms with Crippen LogP contribution in [0.2, 0.25) is 0 Å². The molecule has 0 spiro atoms. The first-order valence-corrected chi connectivity index (χ1v) is 2.08. The molecule has 0 aromatic rings. The summed E-state index contributed by atoms with van der Waals surface area (Å²) in [6.07, 6.45) is 1.43. The van der Waals surface area contributed by atoms with E-state index in [0.29, 0.717) is 5.70 Å². The van der Waals surface area contributed by atoms with Crippen LogP contribution in [-0.2, 0) is 0 Å². The van der Waals surface area contributed by atoms with Gasteiger partial charge in [0, 0.05) is 0 Å². The van der Waals surface area contributed by atoms with E-state index in [1.165, 1.54) is 6.21 Å². The Labute approximate surface area is 46.3 Å². The summed E-state index contributed by atoms with van der Waals surface area (Å²) in [5.41, 5.74) is 2.68. The van der Waals surface area contributed by atoms with Gasteiger partial charge in [0.25, 0.3) is 0 Å². The third-order valence-electron chi connectivity index (χ3n) is 0.661. The molecule has 0 saturated carbocycles. The second-order valence-corrected chi connectivity index (χ2v) is 1.35. The van der Waals surface area contributed by atoms with Crippen LogP contribution in [0.4, 0.5) is 4.79 Å². The molecular formula is C4H5N3O. The minimum atomic E-state index is -0.336. The lowest BCUT2D eigenvalue weighted by atomic mass is 10.5. The maximum Gasteiger partial charge on any atom is 0.339 e. The first-order valence-electron chi connectivity index (χ1n) is 2.08. The zero-order chi connectivity index (χ0) is 5.98. The minimum Gasteiger partial charge on any atom is -0.306 e. The number of hydrazone groups is 1. The smallest absolute Gasteiger partial charge is 0.306 e. The Morgan fingerprint density at radius 2 is 2.50 bits per heavy atom. The molecule has 2 amide bonds. The zero-order valence-corrected chi connectivity index (χ0v) is 4.14. The summed E-state index contributed by atoms with van der Waals surface area (Å²) >= 11 is 0. The highest BCUT2D eigenvalue weighted by Gasteiger charge is 2.01. The van der Waals surface area contributed by atoms with Crippen molar-refractivity contribution in [3.05, 3.63) is 12.3 Å². The summed E-state index contributed by atoms with van der Waals surface area (Å²) in [7, 11) is 0. The number of hydrogen-bond acceptors (Lipinski definition) is 2. The van der Waals surface area contributed by atoms with Gasteiger partial charge in [0.2, 0.25) is 0 Å². The van der Waals surface area contributed by atoms with Crippen LogP contribution >= 0.6 is 0 Å². The number of hydrogen-bond donors (Lipinski definition) is 2. The van der Waals surface area contributed by atoms with E-state index < -0.39 is 0 Å². The molecular weight excluding hydrogens is 106 g/mol. The fourth-order valence-corrected chi connectivity index (χ4v) is 0.375. The Morgan fingerprint density at radius 3 is 2.88 bits per heavy atom. The second kappa shape index (κ2) is 1.65. The first-order chi connectivity index (χ1) is 3.79. The lowest BCUT2D eigenvalue weighted by molar-refractivity contribution is 0.243. The second-order valence-electron chi connectivity index (χ2n) is 1.35. The molecule has 42 valence electrons. The van der Waals surface area contributed by atoms with E-state index in [0.717, 1.165) is 0 Å². The van der Waals surface area contributed by atoms with Crippen LogP contribution in [-0.4, -0.2) is 12.2 Å². The summed E-state index contributed by atoms with van der Waals surface area (Å²) in [6, 6.07) is -0.336. The molecule has 0 saturated heterocycles. The summed E-state index contributed by atoms with van der Waals surface area (Å²) in [5, 5.41) is 5.84. The molecule has 2 N–H and O–H groups in total. The minimum absolute atomic E-state index is 0.336. The Kier molecular flexibility index (Phi) is 0.997. The number of carbonyl (C=O) groups is 1. The van der Waals surface area contributed by atoms with Crippen LogP contribution in [0.5, 0.6) is 0 Å². The van der Waals surface area contributed by atoms with E-state index in [1.807, 2.05) is 0 Å². The van der Waals surface area contributed by atoms with Crippen molar-refractivity contribution in [1.29, 1.82) is 0 Å². The molecule has 0 atom stereocenters. The number of amides is 2. The molecule has 1 heterocycles. The number of urea groups is 1. The predicted octanol–water partition coefficient (Wildman–Crippen LogP) is -0.201. The molecule has 0 aromatic heterocycles. The number of nitrogens with one attached hydrogen (secondary N) is 2. The Balaban J connectivity index is 2.68. The molecule has 0 aromatic carbocycles. The Morgan fingerprint density at radius 1 is 1.75 bits per heavy atom. The van der Waals surface area contributed by atoms with Gasteiger partial charge in [-0.3, -0.25) is 0 Å². The normalized spacial score (nSPS) is 17.5. The average molecular weight is 111 g/mol. The molecule has 0 fully saturated rings. The van der Waals surface area contributed by atoms with Gasteiger partial charge < -0.3 is 5.32 Å². The van der Waals surface area contributed by atoms with Gasteiger partial charge in [-0.05, 0) is 0 Å². The fourth-order valence-electron chi connectivity index (χ4n) is 0.375. The average Bonchev–Trinajstić information content (AvgIpc) is 1.64. The first kappa shape index (κ1) is 4.83. The third-order valence-corrected chi connectivity index (χ3v) is 0.661. The van der Waals surface area contributed by atoms with Gasteiger partial charge in [0.1, 0.15) is 0 Å². The van der Waals surface area contributed by atoms with Crippen molar-refractivity contribution >= 4 is 12.2 Å². The van der Waals surface area contributed by atoms with E-state index in [1.54, 1.807) is 0 Å². The third kappa shape index (κ3) is 0.841. The number of allylic oxidation sites excluding steroid dienone is 1. The highest BCUT2D eigenvalue weighted by molar-refractivity contribution is 5.90. The fraction of sp³-hybridized carbons (Fsp3) is 0. The van der Waals surface area contributed by atoms with Gasteiger partial charge in [-0.25, -0.2) is 10.2 Å². The monoisotopic (exact) mass is 111 g/mol. The highest BCUT2D eigenvalue weighted by Crippen LogP contribution is 1.82. The van der Waals surface area contributed by atoms with Gasteiger partial charge in [-0.15, -0.1) is 0 Å². The van der Waals surface area contributed by atoms with Crippen molar-refractivity contribution in [3.8, 4) is 0 Å². The maximum absolute atomic E-state index is 10.3. The summed E-state index contributed by atoms with van der Waals surface area (Å²) in [6.45, 7) is 3.44. The van der Waals surface area contributed by atoms with E-state index in [4.69, 9.17) is 0 Å². The molecule has 1 aliphatic heterocycles. The lowest BCUT2D eigenvalue weighted by Crippen LogP contribution is -2.35. The molecule has 0 aliphatic carbocycles. The lowest BCUT2D eigenvalue weighted by Gasteiger charge is -2.06. The van der Waals surface area contributed by atoms with E-state index in [9.17, 15) is 4.79 Å². The topological polar surface area (TPSA) is 53.5 Å². The number of nitrogens with zero attached hydrogens (tertiary/aromatic N) is 1. The SMILES string of the molecule is C=C1C=NNC(=O)N1. The number of rotatable bonds is 0. The predicted molar refractivity (Wildman–Crippen MR) is 29.3 cm³/mol. The van der Waals surface area contributed by atoms with Crippen LogP contribution < -0.4 is 10.7 Å². The van der Waals surface area contributed by atoms with Crippen molar-refractivity contribution in [3.63, 3.8) is 0 Å². The van der Waals surface area contributed by atoms with E-state index in [-0.39, 0.29) is 6.03 Å². The van der Waals surface area contributed by atoms with E-state index in [2.05, 4.69) is 22.4 Å². The molecule has 8 heavy (non-hydrogen) atoms. The van der Waals surface area contributed by atoms with Crippen molar-refractivity contribution < 1.29 is 4.79 Å². The highest BCUT2D eigenvalue weighted by atomic mass is 16.2. The Bertz CT molecular complexity index is 161. The van der Waals surface area contributed by atoms with Crippen LogP contribution in [0, 0.1) is 0 Å². The molecule has 1 aliphatic rings. The summed E-state index contributed by atoms with van der Waals surface area (Å²) in [4.78, 5) is 10.3.